The van der Waals surface area contributed by atoms with E-state index in [9.17, 15) is 14.0 Å². The van der Waals surface area contributed by atoms with E-state index in [0.29, 0.717) is 37.0 Å². The van der Waals surface area contributed by atoms with E-state index in [1.54, 1.807) is 33.8 Å². The van der Waals surface area contributed by atoms with Crippen molar-refractivity contribution >= 4 is 16.7 Å². The van der Waals surface area contributed by atoms with Crippen LogP contribution >= 0.6 is 0 Å². The first-order valence-electron chi connectivity index (χ1n) is 10.0. The van der Waals surface area contributed by atoms with E-state index in [0.717, 1.165) is 22.2 Å². The van der Waals surface area contributed by atoms with Crippen molar-refractivity contribution in [3.63, 3.8) is 0 Å². The van der Waals surface area contributed by atoms with Gasteiger partial charge in [-0.15, -0.1) is 0 Å². The first-order valence-corrected chi connectivity index (χ1v) is 10.0. The van der Waals surface area contributed by atoms with Crippen molar-refractivity contribution in [2.45, 2.75) is 19.4 Å². The Kier molecular flexibility index (Phi) is 4.62. The lowest BCUT2D eigenvalue weighted by Gasteiger charge is -2.27. The van der Waals surface area contributed by atoms with Gasteiger partial charge in [0.25, 0.3) is 11.5 Å². The number of H-pyrrole nitrogens is 1. The van der Waals surface area contributed by atoms with Gasteiger partial charge in [0.1, 0.15) is 5.82 Å². The normalized spacial score (nSPS) is 13.4. The Hall–Kier alpha value is -3.81. The molecule has 0 radical (unpaired) electrons. The van der Waals surface area contributed by atoms with Crippen LogP contribution in [0, 0.1) is 5.82 Å². The molecule has 5 rings (SSSR count). The van der Waals surface area contributed by atoms with Gasteiger partial charge < -0.3 is 4.90 Å². The molecule has 2 aromatic carbocycles. The lowest BCUT2D eigenvalue weighted by Crippen LogP contribution is -2.37. The monoisotopic (exact) mass is 417 g/mol. The van der Waals surface area contributed by atoms with E-state index in [4.69, 9.17) is 0 Å². The number of carbonyl (C=O) groups is 1. The van der Waals surface area contributed by atoms with Crippen LogP contribution in [0.15, 0.2) is 53.5 Å². The average Bonchev–Trinajstić information content (AvgIpc) is 3.17. The largest absolute Gasteiger partial charge is 0.332 e. The number of rotatable bonds is 3. The average molecular weight is 417 g/mol. The lowest BCUT2D eigenvalue weighted by molar-refractivity contribution is 0.0725. The molecule has 7 nitrogen and oxygen atoms in total. The van der Waals surface area contributed by atoms with Crippen LogP contribution in [0.3, 0.4) is 0 Å². The lowest BCUT2D eigenvalue weighted by atomic mass is 10.0. The smallest absolute Gasteiger partial charge is 0.272 e. The molecule has 2 aromatic heterocycles. The molecule has 0 aliphatic carbocycles. The molecule has 8 heteroatoms. The number of aromatic nitrogens is 4. The molecule has 4 aromatic rings. The zero-order chi connectivity index (χ0) is 21.5. The summed E-state index contributed by atoms with van der Waals surface area (Å²) in [6, 6.07) is 11.7. The molecule has 0 saturated carbocycles. The van der Waals surface area contributed by atoms with Crippen LogP contribution in [0.4, 0.5) is 4.39 Å². The molecule has 3 heterocycles. The predicted octanol–water partition coefficient (Wildman–Crippen LogP) is 2.59. The van der Waals surface area contributed by atoms with Crippen molar-refractivity contribution in [3.8, 4) is 0 Å². The Morgan fingerprint density at radius 3 is 2.84 bits per heavy atom. The van der Waals surface area contributed by atoms with Crippen molar-refractivity contribution in [2.75, 3.05) is 6.54 Å². The van der Waals surface area contributed by atoms with E-state index in [1.807, 2.05) is 25.4 Å². The molecule has 0 spiro atoms. The molecule has 0 fully saturated rings. The van der Waals surface area contributed by atoms with Crippen LogP contribution in [0.2, 0.25) is 0 Å². The fraction of sp³-hybridized carbons (Fsp3) is 0.217. The van der Waals surface area contributed by atoms with E-state index >= 15 is 0 Å². The van der Waals surface area contributed by atoms with E-state index in [1.165, 1.54) is 6.07 Å². The van der Waals surface area contributed by atoms with Crippen LogP contribution < -0.4 is 5.56 Å². The Bertz CT molecular complexity index is 1370. The van der Waals surface area contributed by atoms with Gasteiger partial charge in [-0.1, -0.05) is 24.3 Å². The first-order chi connectivity index (χ1) is 15.0. The number of amides is 1. The van der Waals surface area contributed by atoms with Gasteiger partial charge in [-0.2, -0.15) is 10.2 Å². The fourth-order valence-electron chi connectivity index (χ4n) is 4.13. The van der Waals surface area contributed by atoms with Gasteiger partial charge in [-0.25, -0.2) is 9.49 Å². The number of nitrogens with zero attached hydrogens (tertiary/aromatic N) is 4. The third kappa shape index (κ3) is 3.39. The molecule has 0 atom stereocenters. The summed E-state index contributed by atoms with van der Waals surface area (Å²) in [6.07, 6.45) is 2.88. The van der Waals surface area contributed by atoms with Crippen molar-refractivity contribution in [2.24, 2.45) is 7.05 Å². The molecule has 0 bridgehead atoms. The molecule has 0 unspecified atom stereocenters. The fourth-order valence-corrected chi connectivity index (χ4v) is 4.13. The van der Waals surface area contributed by atoms with Crippen LogP contribution in [-0.2, 0) is 26.4 Å². The summed E-state index contributed by atoms with van der Waals surface area (Å²) >= 11 is 0. The Morgan fingerprint density at radius 1 is 1.19 bits per heavy atom. The maximum atomic E-state index is 14.6. The van der Waals surface area contributed by atoms with Crippen molar-refractivity contribution in [1.82, 2.24) is 24.9 Å². The van der Waals surface area contributed by atoms with E-state index in [2.05, 4.69) is 15.3 Å². The van der Waals surface area contributed by atoms with Crippen molar-refractivity contribution in [1.29, 1.82) is 0 Å². The van der Waals surface area contributed by atoms with Crippen LogP contribution in [0.5, 0.6) is 0 Å². The van der Waals surface area contributed by atoms with Gasteiger partial charge >= 0.3 is 0 Å². The second-order valence-electron chi connectivity index (χ2n) is 7.75. The van der Waals surface area contributed by atoms with Crippen molar-refractivity contribution in [3.05, 3.63) is 92.9 Å². The summed E-state index contributed by atoms with van der Waals surface area (Å²) in [5, 5.41) is 12.2. The van der Waals surface area contributed by atoms with Crippen LogP contribution in [0.1, 0.15) is 32.9 Å². The highest BCUT2D eigenvalue weighted by Gasteiger charge is 2.26. The molecule has 1 N–H and O–H groups in total. The Morgan fingerprint density at radius 2 is 2.00 bits per heavy atom. The number of hydrogen-bond donors (Lipinski definition) is 1. The molecular weight excluding hydrogens is 397 g/mol. The first kappa shape index (κ1) is 19.2. The zero-order valence-electron chi connectivity index (χ0n) is 16.9. The number of halogens is 1. The van der Waals surface area contributed by atoms with Crippen molar-refractivity contribution < 1.29 is 9.18 Å². The van der Waals surface area contributed by atoms with Gasteiger partial charge in [0.15, 0.2) is 0 Å². The second-order valence-corrected chi connectivity index (χ2v) is 7.75. The minimum atomic E-state index is -0.552. The van der Waals surface area contributed by atoms with Gasteiger partial charge in [0.05, 0.1) is 35.1 Å². The number of fused-ring (bicyclic) bond motifs is 2. The summed E-state index contributed by atoms with van der Waals surface area (Å²) in [6.45, 7) is 0.924. The maximum Gasteiger partial charge on any atom is 0.272 e. The number of aromatic amines is 1. The highest BCUT2D eigenvalue weighted by molar-refractivity contribution is 5.95. The van der Waals surface area contributed by atoms with Gasteiger partial charge in [0, 0.05) is 25.4 Å². The molecule has 1 amide bonds. The van der Waals surface area contributed by atoms with E-state index in [-0.39, 0.29) is 17.0 Å². The highest BCUT2D eigenvalue weighted by atomic mass is 19.1. The van der Waals surface area contributed by atoms with Gasteiger partial charge in [-0.3, -0.25) is 14.3 Å². The van der Waals surface area contributed by atoms with Gasteiger partial charge in [-0.05, 0) is 35.7 Å². The molecule has 1 aliphatic rings. The summed E-state index contributed by atoms with van der Waals surface area (Å²) in [7, 11) is 1.84. The van der Waals surface area contributed by atoms with Crippen LogP contribution in [0.25, 0.3) is 10.8 Å². The molecule has 1 aliphatic heterocycles. The summed E-state index contributed by atoms with van der Waals surface area (Å²) in [5.41, 5.74) is 3.29. The van der Waals surface area contributed by atoms with E-state index < -0.39 is 5.82 Å². The molecule has 0 saturated heterocycles. The molecule has 156 valence electrons. The second kappa shape index (κ2) is 7.46. The number of aryl methyl sites for hydroxylation is 1. The summed E-state index contributed by atoms with van der Waals surface area (Å²) in [5.74, 6) is -0.894. The minimum absolute atomic E-state index is 0.0387. The zero-order valence-corrected chi connectivity index (χ0v) is 16.9. The highest BCUT2D eigenvalue weighted by Crippen LogP contribution is 2.23. The molecular formula is C23H20FN5O2. The molecule has 31 heavy (non-hydrogen) atoms. The number of hydrogen-bond acceptors (Lipinski definition) is 4. The SMILES string of the molecule is Cn1ncc2c1CN(C(=O)c1cc(Cc3n[nH]c(=O)c4ccccc34)ccc1F)CC2. The topological polar surface area (TPSA) is 83.9 Å². The summed E-state index contributed by atoms with van der Waals surface area (Å²) < 4.78 is 16.4. The third-order valence-corrected chi connectivity index (χ3v) is 5.83. The third-order valence-electron chi connectivity index (χ3n) is 5.83. The standard InChI is InChI=1S/C23H20FN5O2/c1-28-21-13-29(9-8-15(21)12-25-28)23(31)18-10-14(6-7-19(18)24)11-20-16-4-2-3-5-17(16)22(30)27-26-20/h2-7,10,12H,8-9,11,13H2,1H3,(H,27,30). The van der Waals surface area contributed by atoms with Crippen LogP contribution in [-0.4, -0.2) is 37.3 Å². The summed E-state index contributed by atoms with van der Waals surface area (Å²) in [4.78, 5) is 26.8. The Labute approximate surface area is 177 Å². The Balaban J connectivity index is 1.45. The maximum absolute atomic E-state index is 14.6. The minimum Gasteiger partial charge on any atom is -0.332 e. The quantitative estimate of drug-likeness (QED) is 0.555. The number of benzene rings is 2. The predicted molar refractivity (Wildman–Crippen MR) is 113 cm³/mol. The number of carbonyl (C=O) groups excluding carboxylic acids is 1. The van der Waals surface area contributed by atoms with Gasteiger partial charge in [0.2, 0.25) is 0 Å². The number of nitrogens with one attached hydrogen (secondary N) is 1.